The molecule has 0 heterocycles. The van der Waals surface area contributed by atoms with E-state index in [2.05, 4.69) is 62.5 Å². The monoisotopic (exact) mass is 1100 g/mol. The molecule has 0 aromatic heterocycles. The first-order valence-corrected chi connectivity index (χ1v) is 34.4. The molecular formula is C67H127N2O7P. The average Bonchev–Trinajstić information content (AvgIpc) is 3.39. The minimum Gasteiger partial charge on any atom is -0.756 e. The number of allylic oxidation sites excluding steroid dienone is 7. The predicted molar refractivity (Wildman–Crippen MR) is 330 cm³/mol. The zero-order valence-electron chi connectivity index (χ0n) is 51.7. The maximum absolute atomic E-state index is 13.5. The number of nitrogens with zero attached hydrogens (tertiary/aromatic N) is 1. The van der Waals surface area contributed by atoms with Crippen molar-refractivity contribution in [2.24, 2.45) is 0 Å². The SMILES string of the molecule is CCCCC/C=C\C/C=C\C/C=C\CCCCCCCCCCCCCCCCC(=O)OC(/C=C\CCCCCCCCCCCCC)C(COP(=O)([O-])OCC[N+](C)(C)C)NC(=O)CCCCCCCCCCCCC. The number of esters is 1. The van der Waals surface area contributed by atoms with Gasteiger partial charge in [0.25, 0.3) is 7.82 Å². The molecule has 452 valence electrons. The molecule has 1 N–H and O–H groups in total. The van der Waals surface area contributed by atoms with Crippen LogP contribution in [0.1, 0.15) is 316 Å². The topological polar surface area (TPSA) is 114 Å². The molecule has 9 nitrogen and oxygen atoms in total. The first-order valence-electron chi connectivity index (χ1n) is 32.9. The van der Waals surface area contributed by atoms with Gasteiger partial charge < -0.3 is 28.5 Å². The number of amides is 1. The molecule has 0 aliphatic carbocycles. The molecule has 0 rings (SSSR count). The van der Waals surface area contributed by atoms with Crippen LogP contribution in [0.4, 0.5) is 0 Å². The van der Waals surface area contributed by atoms with E-state index < -0.39 is 20.0 Å². The van der Waals surface area contributed by atoms with E-state index in [0.29, 0.717) is 17.4 Å². The van der Waals surface area contributed by atoms with Gasteiger partial charge in [-0.2, -0.15) is 0 Å². The number of carbonyl (C=O) groups is 2. The summed E-state index contributed by atoms with van der Waals surface area (Å²) in [6, 6.07) is -0.884. The van der Waals surface area contributed by atoms with Crippen LogP contribution < -0.4 is 10.2 Å². The van der Waals surface area contributed by atoms with E-state index >= 15 is 0 Å². The second-order valence-corrected chi connectivity index (χ2v) is 25.0. The highest BCUT2D eigenvalue weighted by atomic mass is 31.2. The van der Waals surface area contributed by atoms with Crippen molar-refractivity contribution in [1.29, 1.82) is 0 Å². The maximum Gasteiger partial charge on any atom is 0.306 e. The molecule has 0 fully saturated rings. The lowest BCUT2D eigenvalue weighted by Crippen LogP contribution is -2.47. The number of unbranched alkanes of at least 4 members (excludes halogenated alkanes) is 38. The second-order valence-electron chi connectivity index (χ2n) is 23.6. The molecule has 0 spiro atoms. The number of phosphoric acid groups is 1. The van der Waals surface area contributed by atoms with Gasteiger partial charge in [-0.05, 0) is 70.3 Å². The first kappa shape index (κ1) is 75.0. The van der Waals surface area contributed by atoms with E-state index in [9.17, 15) is 19.0 Å². The number of quaternary nitrogens is 1. The van der Waals surface area contributed by atoms with Crippen LogP contribution >= 0.6 is 7.82 Å². The van der Waals surface area contributed by atoms with E-state index in [1.54, 1.807) is 0 Å². The largest absolute Gasteiger partial charge is 0.756 e. The van der Waals surface area contributed by atoms with E-state index in [4.69, 9.17) is 13.8 Å². The van der Waals surface area contributed by atoms with Crippen molar-refractivity contribution < 1.29 is 37.3 Å². The molecule has 3 atom stereocenters. The lowest BCUT2D eigenvalue weighted by atomic mass is 10.0. The third-order valence-corrected chi connectivity index (χ3v) is 15.7. The molecule has 10 heteroatoms. The number of rotatable bonds is 60. The Labute approximate surface area is 478 Å². The second kappa shape index (κ2) is 57.2. The number of phosphoric ester groups is 1. The van der Waals surface area contributed by atoms with Crippen LogP contribution in [0.25, 0.3) is 0 Å². The number of nitrogens with one attached hydrogen (secondary N) is 1. The summed E-state index contributed by atoms with van der Waals surface area (Å²) < 4.78 is 30.3. The van der Waals surface area contributed by atoms with E-state index in [1.165, 1.54) is 212 Å². The quantitative estimate of drug-likeness (QED) is 0.0212. The molecule has 0 aromatic carbocycles. The van der Waals surface area contributed by atoms with Crippen molar-refractivity contribution in [3.05, 3.63) is 48.6 Å². The summed E-state index contributed by atoms with van der Waals surface area (Å²) in [7, 11) is 1.20. The van der Waals surface area contributed by atoms with Crippen LogP contribution in [0.3, 0.4) is 0 Å². The Morgan fingerprint density at radius 1 is 0.455 bits per heavy atom. The molecule has 77 heavy (non-hydrogen) atoms. The summed E-state index contributed by atoms with van der Waals surface area (Å²) in [5.41, 5.74) is 0. The molecule has 0 saturated carbocycles. The molecule has 0 bridgehead atoms. The molecule has 1 amide bonds. The van der Waals surface area contributed by atoms with Crippen LogP contribution in [-0.2, 0) is 27.9 Å². The van der Waals surface area contributed by atoms with Crippen molar-refractivity contribution in [2.45, 2.75) is 328 Å². The fourth-order valence-electron chi connectivity index (χ4n) is 9.65. The lowest BCUT2D eigenvalue weighted by molar-refractivity contribution is -0.870. The van der Waals surface area contributed by atoms with Crippen LogP contribution in [0.15, 0.2) is 48.6 Å². The van der Waals surface area contributed by atoms with E-state index in [-0.39, 0.29) is 31.5 Å². The molecule has 0 saturated heterocycles. The first-order chi connectivity index (χ1) is 37.4. The fourth-order valence-corrected chi connectivity index (χ4v) is 10.4. The van der Waals surface area contributed by atoms with Gasteiger partial charge in [-0.25, -0.2) is 0 Å². The molecule has 3 unspecified atom stereocenters. The van der Waals surface area contributed by atoms with Crippen LogP contribution in [0, 0.1) is 0 Å². The summed E-state index contributed by atoms with van der Waals surface area (Å²) in [6.45, 7) is 6.84. The molecule has 0 aliphatic rings. The van der Waals surface area contributed by atoms with Gasteiger partial charge in [-0.1, -0.05) is 282 Å². The number of likely N-dealkylation sites (N-methyl/N-ethyl adjacent to an activating group) is 1. The number of hydrogen-bond donors (Lipinski definition) is 1. The number of hydrogen-bond acceptors (Lipinski definition) is 7. The minimum atomic E-state index is -4.69. The van der Waals surface area contributed by atoms with Gasteiger partial charge in [0.1, 0.15) is 19.3 Å². The zero-order valence-corrected chi connectivity index (χ0v) is 52.6. The Kier molecular flexibility index (Phi) is 55.7. The highest BCUT2D eigenvalue weighted by molar-refractivity contribution is 7.45. The van der Waals surface area contributed by atoms with Gasteiger partial charge in [0, 0.05) is 12.8 Å². The number of ether oxygens (including phenoxy) is 1. The standard InChI is InChI=1S/C67H127N2O7P/c1-7-10-13-16-19-22-25-27-28-29-30-31-32-33-34-35-36-37-38-39-40-42-45-48-51-54-57-60-67(71)76-65(58-55-52-49-46-44-41-26-23-20-17-14-11-8-2)64(63-75-77(72,73)74-62-61-69(4,5)6)68-66(70)59-56-53-50-47-43-24-21-18-15-12-9-3/h19,22,27-28,30-31,55,58,64-65H,7-18,20-21,23-26,29,32-54,56-57,59-63H2,1-6H3,(H-,68,70,72,73)/b22-19-,28-27-,31-30-,58-55-. The smallest absolute Gasteiger partial charge is 0.306 e. The van der Waals surface area contributed by atoms with Crippen molar-refractivity contribution in [3.8, 4) is 0 Å². The highest BCUT2D eigenvalue weighted by Gasteiger charge is 2.27. The van der Waals surface area contributed by atoms with Gasteiger partial charge in [-0.15, -0.1) is 0 Å². The van der Waals surface area contributed by atoms with Gasteiger partial charge in [0.2, 0.25) is 5.91 Å². The Morgan fingerprint density at radius 2 is 0.792 bits per heavy atom. The summed E-state index contributed by atoms with van der Waals surface area (Å²) in [5.74, 6) is -0.530. The van der Waals surface area contributed by atoms with Crippen LogP contribution in [0.5, 0.6) is 0 Å². The average molecular weight is 1100 g/mol. The summed E-state index contributed by atoms with van der Waals surface area (Å²) >= 11 is 0. The summed E-state index contributed by atoms with van der Waals surface area (Å²) in [6.07, 6.45) is 70.9. The third kappa shape index (κ3) is 58.4. The fraction of sp³-hybridized carbons (Fsp3) is 0.851. The zero-order chi connectivity index (χ0) is 56.4. The van der Waals surface area contributed by atoms with Crippen LogP contribution in [-0.4, -0.2) is 69.4 Å². The number of carbonyl (C=O) groups excluding carboxylic acids is 2. The Balaban J connectivity index is 5.00. The van der Waals surface area contributed by atoms with Crippen molar-refractivity contribution in [3.63, 3.8) is 0 Å². The van der Waals surface area contributed by atoms with Crippen molar-refractivity contribution in [1.82, 2.24) is 5.32 Å². The molecular weight excluding hydrogens is 976 g/mol. The lowest BCUT2D eigenvalue weighted by Gasteiger charge is -2.30. The predicted octanol–water partition coefficient (Wildman–Crippen LogP) is 19.8. The van der Waals surface area contributed by atoms with Crippen LogP contribution in [0.2, 0.25) is 0 Å². The Hall–Kier alpha value is -2.03. The Morgan fingerprint density at radius 3 is 1.21 bits per heavy atom. The normalized spacial score (nSPS) is 13.9. The third-order valence-electron chi connectivity index (χ3n) is 14.8. The van der Waals surface area contributed by atoms with Gasteiger partial charge in [-0.3, -0.25) is 14.2 Å². The van der Waals surface area contributed by atoms with Gasteiger partial charge in [0.05, 0.1) is 33.8 Å². The van der Waals surface area contributed by atoms with Crippen molar-refractivity contribution in [2.75, 3.05) is 40.9 Å². The van der Waals surface area contributed by atoms with E-state index in [0.717, 1.165) is 70.6 Å². The van der Waals surface area contributed by atoms with Gasteiger partial charge in [0.15, 0.2) is 0 Å². The highest BCUT2D eigenvalue weighted by Crippen LogP contribution is 2.38. The summed E-state index contributed by atoms with van der Waals surface area (Å²) in [4.78, 5) is 40.0. The molecule has 0 radical (unpaired) electrons. The van der Waals surface area contributed by atoms with E-state index in [1.807, 2.05) is 33.3 Å². The van der Waals surface area contributed by atoms with Gasteiger partial charge >= 0.3 is 5.97 Å². The maximum atomic E-state index is 13.5. The Bertz CT molecular complexity index is 1460. The minimum absolute atomic E-state index is 0.0203. The van der Waals surface area contributed by atoms with Crippen molar-refractivity contribution >= 4 is 19.7 Å². The molecule has 0 aliphatic heterocycles. The molecule has 0 aromatic rings. The summed E-state index contributed by atoms with van der Waals surface area (Å²) in [5, 5.41) is 3.03.